The Bertz CT molecular complexity index is 791. The first kappa shape index (κ1) is 21.8. The van der Waals surface area contributed by atoms with Gasteiger partial charge >= 0.3 is 6.18 Å². The molecule has 1 aromatic heterocycles. The van der Waals surface area contributed by atoms with E-state index in [4.69, 9.17) is 4.74 Å². The predicted molar refractivity (Wildman–Crippen MR) is 104 cm³/mol. The molecule has 2 aromatic rings. The van der Waals surface area contributed by atoms with Crippen molar-refractivity contribution in [2.75, 3.05) is 39.3 Å². The lowest BCUT2D eigenvalue weighted by molar-refractivity contribution is -0.138. The number of rotatable bonds is 7. The number of aliphatic hydroxyl groups is 1. The summed E-state index contributed by atoms with van der Waals surface area (Å²) in [4.78, 5) is 17.1. The van der Waals surface area contributed by atoms with E-state index in [2.05, 4.69) is 0 Å². The highest BCUT2D eigenvalue weighted by Gasteiger charge is 2.36. The van der Waals surface area contributed by atoms with Crippen LogP contribution in [-0.2, 0) is 17.5 Å². The van der Waals surface area contributed by atoms with Crippen molar-refractivity contribution in [1.29, 1.82) is 0 Å². The van der Waals surface area contributed by atoms with Crippen molar-refractivity contribution >= 4 is 17.2 Å². The smallest absolute Gasteiger partial charge is 0.389 e. The van der Waals surface area contributed by atoms with Crippen molar-refractivity contribution in [2.45, 2.75) is 18.9 Å². The van der Waals surface area contributed by atoms with Crippen LogP contribution < -0.4 is 0 Å². The summed E-state index contributed by atoms with van der Waals surface area (Å²) < 4.78 is 45.0. The van der Waals surface area contributed by atoms with Gasteiger partial charge in [-0.05, 0) is 23.6 Å². The van der Waals surface area contributed by atoms with Crippen LogP contribution in [0.4, 0.5) is 13.2 Å². The lowest BCUT2D eigenvalue weighted by Crippen LogP contribution is -2.51. The maximum absolute atomic E-state index is 13.2. The lowest BCUT2D eigenvalue weighted by atomic mass is 10.1. The summed E-state index contributed by atoms with van der Waals surface area (Å²) >= 11 is 1.59. The lowest BCUT2D eigenvalue weighted by Gasteiger charge is -2.36. The van der Waals surface area contributed by atoms with Crippen molar-refractivity contribution in [3.63, 3.8) is 0 Å². The van der Waals surface area contributed by atoms with E-state index in [1.54, 1.807) is 11.3 Å². The Kier molecular flexibility index (Phi) is 7.28. The molecular formula is C20H23F3N2O3S. The predicted octanol–water partition coefficient (Wildman–Crippen LogP) is 3.10. The molecule has 0 bridgehead atoms. The first-order chi connectivity index (χ1) is 13.8. The van der Waals surface area contributed by atoms with E-state index in [9.17, 15) is 23.1 Å². The Morgan fingerprint density at radius 1 is 1.14 bits per heavy atom. The summed E-state index contributed by atoms with van der Waals surface area (Å²) in [5.41, 5.74) is -1.23. The van der Waals surface area contributed by atoms with E-state index in [-0.39, 0.29) is 12.2 Å². The third-order valence-corrected chi connectivity index (χ3v) is 5.58. The number of hydrogen-bond donors (Lipinski definition) is 1. The summed E-state index contributed by atoms with van der Waals surface area (Å²) in [5.74, 6) is -0.614. The Hall–Kier alpha value is -1.94. The standard InChI is InChI=1S/C20H23F3N2O3S/c21-20(22,23)18-6-2-1-5-17(18)19(27)25-9-7-24(8-10-25)12-15(26)13-28-14-16-4-3-11-29-16/h1-6,11,15,26H,7-10,12-14H2/t15-/m0/s1. The molecule has 0 aliphatic carbocycles. The van der Waals surface area contributed by atoms with Gasteiger partial charge in [-0.1, -0.05) is 18.2 Å². The minimum Gasteiger partial charge on any atom is -0.389 e. The minimum atomic E-state index is -4.57. The van der Waals surface area contributed by atoms with Crippen LogP contribution in [-0.4, -0.2) is 66.2 Å². The van der Waals surface area contributed by atoms with Gasteiger partial charge in [0.05, 0.1) is 30.4 Å². The molecule has 3 rings (SSSR count). The highest BCUT2D eigenvalue weighted by molar-refractivity contribution is 7.09. The normalized spacial score (nSPS) is 16.8. The number of nitrogens with zero attached hydrogens (tertiary/aromatic N) is 2. The van der Waals surface area contributed by atoms with Crippen LogP contribution in [0.3, 0.4) is 0 Å². The zero-order chi connectivity index (χ0) is 20.9. The van der Waals surface area contributed by atoms with E-state index in [1.165, 1.54) is 23.1 Å². The number of halogens is 3. The highest BCUT2D eigenvalue weighted by Crippen LogP contribution is 2.32. The molecule has 0 saturated carbocycles. The van der Waals surface area contributed by atoms with Gasteiger partial charge in [0.15, 0.2) is 0 Å². The van der Waals surface area contributed by atoms with E-state index >= 15 is 0 Å². The molecule has 1 aromatic carbocycles. The molecular weight excluding hydrogens is 405 g/mol. The van der Waals surface area contributed by atoms with Crippen molar-refractivity contribution in [3.8, 4) is 0 Å². The number of β-amino-alcohol motifs (C(OH)–C–C–N with tert-alkyl or cyclic N) is 1. The zero-order valence-electron chi connectivity index (χ0n) is 15.8. The third kappa shape index (κ3) is 6.02. The second-order valence-corrected chi connectivity index (χ2v) is 7.92. The van der Waals surface area contributed by atoms with Crippen LogP contribution in [0.5, 0.6) is 0 Å². The molecule has 1 aliphatic heterocycles. The first-order valence-electron chi connectivity index (χ1n) is 9.30. The first-order valence-corrected chi connectivity index (χ1v) is 10.2. The molecule has 2 heterocycles. The molecule has 0 unspecified atom stereocenters. The molecule has 1 fully saturated rings. The molecule has 9 heteroatoms. The van der Waals surface area contributed by atoms with Gasteiger partial charge in [-0.15, -0.1) is 11.3 Å². The van der Waals surface area contributed by atoms with Crippen molar-refractivity contribution in [3.05, 3.63) is 57.8 Å². The maximum atomic E-state index is 13.2. The number of piperazine rings is 1. The fourth-order valence-electron chi connectivity index (χ4n) is 3.26. The fraction of sp³-hybridized carbons (Fsp3) is 0.450. The van der Waals surface area contributed by atoms with Gasteiger partial charge in [0, 0.05) is 37.6 Å². The molecule has 1 saturated heterocycles. The average Bonchev–Trinajstić information content (AvgIpc) is 3.21. The number of carbonyl (C=O) groups excluding carboxylic acids is 1. The Labute approximate surface area is 171 Å². The van der Waals surface area contributed by atoms with Gasteiger partial charge < -0.3 is 14.7 Å². The van der Waals surface area contributed by atoms with Crippen molar-refractivity contribution in [2.24, 2.45) is 0 Å². The summed E-state index contributed by atoms with van der Waals surface area (Å²) in [6, 6.07) is 8.75. The van der Waals surface area contributed by atoms with Crippen LogP contribution in [0.2, 0.25) is 0 Å². The largest absolute Gasteiger partial charge is 0.417 e. The number of hydrogen-bond acceptors (Lipinski definition) is 5. The van der Waals surface area contributed by atoms with Crippen LogP contribution in [0.25, 0.3) is 0 Å². The number of aliphatic hydroxyl groups excluding tert-OH is 1. The number of ether oxygens (including phenoxy) is 1. The van der Waals surface area contributed by atoms with Gasteiger partial charge in [-0.2, -0.15) is 13.2 Å². The Balaban J connectivity index is 1.46. The Morgan fingerprint density at radius 2 is 1.86 bits per heavy atom. The average molecular weight is 428 g/mol. The molecule has 158 valence electrons. The zero-order valence-corrected chi connectivity index (χ0v) is 16.6. The minimum absolute atomic E-state index is 0.204. The van der Waals surface area contributed by atoms with Crippen LogP contribution in [0.1, 0.15) is 20.8 Å². The molecule has 1 amide bonds. The topological polar surface area (TPSA) is 53.0 Å². The van der Waals surface area contributed by atoms with E-state index in [0.29, 0.717) is 39.3 Å². The second kappa shape index (κ2) is 9.71. The third-order valence-electron chi connectivity index (χ3n) is 4.73. The number of alkyl halides is 3. The number of carbonyl (C=O) groups is 1. The van der Waals surface area contributed by atoms with E-state index in [1.807, 2.05) is 22.4 Å². The quantitative estimate of drug-likeness (QED) is 0.737. The monoisotopic (exact) mass is 428 g/mol. The van der Waals surface area contributed by atoms with Crippen LogP contribution in [0, 0.1) is 0 Å². The van der Waals surface area contributed by atoms with Crippen molar-refractivity contribution in [1.82, 2.24) is 9.80 Å². The molecule has 1 N–H and O–H groups in total. The van der Waals surface area contributed by atoms with Crippen LogP contribution >= 0.6 is 11.3 Å². The van der Waals surface area contributed by atoms with Gasteiger partial charge in [0.2, 0.25) is 0 Å². The highest BCUT2D eigenvalue weighted by atomic mass is 32.1. The van der Waals surface area contributed by atoms with Crippen LogP contribution in [0.15, 0.2) is 41.8 Å². The van der Waals surface area contributed by atoms with Gasteiger partial charge in [-0.25, -0.2) is 0 Å². The number of thiophene rings is 1. The number of benzene rings is 1. The summed E-state index contributed by atoms with van der Waals surface area (Å²) in [5, 5.41) is 12.1. The van der Waals surface area contributed by atoms with Gasteiger partial charge in [-0.3, -0.25) is 9.69 Å². The summed E-state index contributed by atoms with van der Waals surface area (Å²) in [7, 11) is 0. The molecule has 29 heavy (non-hydrogen) atoms. The second-order valence-electron chi connectivity index (χ2n) is 6.88. The molecule has 1 aliphatic rings. The Morgan fingerprint density at radius 3 is 2.52 bits per heavy atom. The van der Waals surface area contributed by atoms with E-state index < -0.39 is 23.8 Å². The summed E-state index contributed by atoms with van der Waals surface area (Å²) in [6.45, 7) is 2.66. The molecule has 0 radical (unpaired) electrons. The molecule has 1 atom stereocenters. The van der Waals surface area contributed by atoms with E-state index in [0.717, 1.165) is 10.9 Å². The van der Waals surface area contributed by atoms with Crippen molar-refractivity contribution < 1.29 is 27.8 Å². The van der Waals surface area contributed by atoms with Gasteiger partial charge in [0.1, 0.15) is 0 Å². The summed E-state index contributed by atoms with van der Waals surface area (Å²) in [6.07, 6.45) is -5.23. The maximum Gasteiger partial charge on any atom is 0.417 e. The SMILES string of the molecule is O=C(c1ccccc1C(F)(F)F)N1CCN(C[C@H](O)COCc2cccs2)CC1. The fourth-order valence-corrected chi connectivity index (χ4v) is 3.90. The van der Waals surface area contributed by atoms with Gasteiger partial charge in [0.25, 0.3) is 5.91 Å². The molecule has 5 nitrogen and oxygen atoms in total. The number of amides is 1. The molecule has 0 spiro atoms.